The van der Waals surface area contributed by atoms with Gasteiger partial charge in [0.2, 0.25) is 0 Å². The molecule has 3 nitrogen and oxygen atoms in total. The Labute approximate surface area is 121 Å². The Morgan fingerprint density at radius 2 is 2.05 bits per heavy atom. The quantitative estimate of drug-likeness (QED) is 0.541. The summed E-state index contributed by atoms with van der Waals surface area (Å²) in [4.78, 5) is 11.9. The van der Waals surface area contributed by atoms with Crippen molar-refractivity contribution in [3.8, 4) is 0 Å². The normalized spacial score (nSPS) is 10.8. The van der Waals surface area contributed by atoms with Gasteiger partial charge in [0.15, 0.2) is 0 Å². The Morgan fingerprint density at radius 1 is 1.20 bits per heavy atom. The third kappa shape index (κ3) is 2.47. The molecule has 20 heavy (non-hydrogen) atoms. The predicted molar refractivity (Wildman–Crippen MR) is 82.1 cm³/mol. The Hall–Kier alpha value is -2.07. The van der Waals surface area contributed by atoms with Gasteiger partial charge in [0, 0.05) is 28.6 Å². The molecule has 2 aromatic carbocycles. The molecule has 0 aliphatic carbocycles. The van der Waals surface area contributed by atoms with E-state index in [9.17, 15) is 4.79 Å². The lowest BCUT2D eigenvalue weighted by molar-refractivity contribution is 0.112. The predicted octanol–water partition coefficient (Wildman–Crippen LogP) is 3.68. The van der Waals surface area contributed by atoms with Crippen LogP contribution in [0.3, 0.4) is 0 Å². The molecule has 0 saturated carbocycles. The molecule has 0 aliphatic rings. The van der Waals surface area contributed by atoms with Crippen molar-refractivity contribution >= 4 is 29.0 Å². The topological polar surface area (TPSA) is 34.9 Å². The van der Waals surface area contributed by atoms with Crippen molar-refractivity contribution in [1.82, 2.24) is 9.78 Å². The number of aromatic nitrogens is 2. The second-order valence-electron chi connectivity index (χ2n) is 4.57. The largest absolute Gasteiger partial charge is 0.298 e. The van der Waals surface area contributed by atoms with Crippen LogP contribution >= 0.6 is 11.8 Å². The smallest absolute Gasteiger partial charge is 0.150 e. The summed E-state index contributed by atoms with van der Waals surface area (Å²) in [6.07, 6.45) is 0.875. The lowest BCUT2D eigenvalue weighted by Crippen LogP contribution is -1.90. The van der Waals surface area contributed by atoms with Gasteiger partial charge in [-0.1, -0.05) is 30.3 Å². The molecule has 0 fully saturated rings. The number of thioether (sulfide) groups is 1. The number of aryl methyl sites for hydroxylation is 1. The van der Waals surface area contributed by atoms with Gasteiger partial charge in [-0.2, -0.15) is 5.10 Å². The number of carbonyl (C=O) groups excluding carboxylic acids is 1. The third-order valence-corrected chi connectivity index (χ3v) is 4.21. The minimum atomic E-state index is 0.709. The van der Waals surface area contributed by atoms with E-state index in [0.717, 1.165) is 28.1 Å². The van der Waals surface area contributed by atoms with Crippen molar-refractivity contribution in [3.05, 3.63) is 59.8 Å². The third-order valence-electron chi connectivity index (χ3n) is 3.20. The molecule has 0 radical (unpaired) electrons. The number of rotatable bonds is 4. The zero-order valence-electron chi connectivity index (χ0n) is 11.1. The van der Waals surface area contributed by atoms with Gasteiger partial charge in [-0.25, -0.2) is 0 Å². The van der Waals surface area contributed by atoms with Crippen LogP contribution in [0.25, 0.3) is 10.9 Å². The van der Waals surface area contributed by atoms with Gasteiger partial charge < -0.3 is 0 Å². The van der Waals surface area contributed by atoms with Gasteiger partial charge in [-0.15, -0.1) is 11.8 Å². The van der Waals surface area contributed by atoms with Crippen molar-refractivity contribution in [1.29, 1.82) is 0 Å². The lowest BCUT2D eigenvalue weighted by Gasteiger charge is -2.00. The molecule has 0 spiro atoms. The van der Waals surface area contributed by atoms with Crippen LogP contribution in [0.2, 0.25) is 0 Å². The second kappa shape index (κ2) is 5.51. The van der Waals surface area contributed by atoms with Crippen LogP contribution in [0.4, 0.5) is 0 Å². The summed E-state index contributed by atoms with van der Waals surface area (Å²) in [5, 5.41) is 5.76. The SMILES string of the molecule is Cn1nc(CSc2cccc(C=O)c2)c2ccccc21. The van der Waals surface area contributed by atoms with Crippen molar-refractivity contribution < 1.29 is 4.79 Å². The monoisotopic (exact) mass is 282 g/mol. The van der Waals surface area contributed by atoms with Gasteiger partial charge in [0.25, 0.3) is 0 Å². The van der Waals surface area contributed by atoms with Crippen LogP contribution in [0.5, 0.6) is 0 Å². The summed E-state index contributed by atoms with van der Waals surface area (Å²) < 4.78 is 1.91. The Morgan fingerprint density at radius 3 is 2.90 bits per heavy atom. The number of benzene rings is 2. The number of carbonyl (C=O) groups is 1. The number of nitrogens with zero attached hydrogens (tertiary/aromatic N) is 2. The first-order valence-electron chi connectivity index (χ1n) is 6.36. The lowest BCUT2D eigenvalue weighted by atomic mass is 10.2. The average molecular weight is 282 g/mol. The molecule has 4 heteroatoms. The maximum absolute atomic E-state index is 10.8. The molecule has 0 aliphatic heterocycles. The molecule has 0 saturated heterocycles. The summed E-state index contributed by atoms with van der Waals surface area (Å²) in [6.45, 7) is 0. The molecule has 0 atom stereocenters. The van der Waals surface area contributed by atoms with Crippen LogP contribution in [-0.4, -0.2) is 16.1 Å². The van der Waals surface area contributed by atoms with Gasteiger partial charge in [-0.3, -0.25) is 9.48 Å². The number of aldehydes is 1. The minimum Gasteiger partial charge on any atom is -0.298 e. The highest BCUT2D eigenvalue weighted by atomic mass is 32.2. The standard InChI is InChI=1S/C16H14N2OS/c1-18-16-8-3-2-7-14(16)15(17-18)11-20-13-6-4-5-12(9-13)10-19/h2-10H,11H2,1H3. The molecule has 0 unspecified atom stereocenters. The molecule has 3 rings (SSSR count). The van der Waals surface area contributed by atoms with E-state index in [2.05, 4.69) is 17.2 Å². The van der Waals surface area contributed by atoms with E-state index < -0.39 is 0 Å². The van der Waals surface area contributed by atoms with E-state index >= 15 is 0 Å². The Kier molecular flexibility index (Phi) is 3.56. The van der Waals surface area contributed by atoms with Crippen LogP contribution in [-0.2, 0) is 12.8 Å². The first-order chi connectivity index (χ1) is 9.78. The number of hydrogen-bond donors (Lipinski definition) is 0. The molecule has 0 amide bonds. The van der Waals surface area contributed by atoms with Crippen LogP contribution in [0.15, 0.2) is 53.4 Å². The van der Waals surface area contributed by atoms with Crippen LogP contribution in [0, 0.1) is 0 Å². The summed E-state index contributed by atoms with van der Waals surface area (Å²) >= 11 is 1.70. The average Bonchev–Trinajstić information content (AvgIpc) is 2.82. The highest BCUT2D eigenvalue weighted by Gasteiger charge is 2.08. The Bertz CT molecular complexity index is 764. The van der Waals surface area contributed by atoms with Crippen molar-refractivity contribution in [2.45, 2.75) is 10.6 Å². The molecular formula is C16H14N2OS. The van der Waals surface area contributed by atoms with Crippen LogP contribution < -0.4 is 0 Å². The molecule has 1 heterocycles. The molecule has 3 aromatic rings. The highest BCUT2D eigenvalue weighted by Crippen LogP contribution is 2.26. The highest BCUT2D eigenvalue weighted by molar-refractivity contribution is 7.98. The van der Waals surface area contributed by atoms with Gasteiger partial charge >= 0.3 is 0 Å². The second-order valence-corrected chi connectivity index (χ2v) is 5.62. The summed E-state index contributed by atoms with van der Waals surface area (Å²) in [6, 6.07) is 15.9. The van der Waals surface area contributed by atoms with Crippen molar-refractivity contribution in [2.24, 2.45) is 7.05 Å². The zero-order chi connectivity index (χ0) is 13.9. The number of hydrogen-bond acceptors (Lipinski definition) is 3. The number of fused-ring (bicyclic) bond motifs is 1. The fourth-order valence-corrected chi connectivity index (χ4v) is 3.14. The molecule has 0 bridgehead atoms. The zero-order valence-corrected chi connectivity index (χ0v) is 11.9. The summed E-state index contributed by atoms with van der Waals surface area (Å²) in [5.41, 5.74) is 2.93. The Balaban J connectivity index is 1.85. The minimum absolute atomic E-state index is 0.709. The van der Waals surface area contributed by atoms with Crippen LogP contribution in [0.1, 0.15) is 16.1 Å². The molecule has 0 N–H and O–H groups in total. The first-order valence-corrected chi connectivity index (χ1v) is 7.35. The molecule has 100 valence electrons. The van der Waals surface area contributed by atoms with E-state index in [1.807, 2.05) is 48.1 Å². The maximum Gasteiger partial charge on any atom is 0.150 e. The first kappa shape index (κ1) is 12.9. The molecule has 1 aromatic heterocycles. The summed E-state index contributed by atoms with van der Waals surface area (Å²) in [7, 11) is 1.96. The van der Waals surface area contributed by atoms with Crippen molar-refractivity contribution in [2.75, 3.05) is 0 Å². The number of para-hydroxylation sites is 1. The van der Waals surface area contributed by atoms with E-state index in [4.69, 9.17) is 0 Å². The fourth-order valence-electron chi connectivity index (χ4n) is 2.22. The van der Waals surface area contributed by atoms with E-state index in [0.29, 0.717) is 5.56 Å². The maximum atomic E-state index is 10.8. The van der Waals surface area contributed by atoms with E-state index in [-0.39, 0.29) is 0 Å². The molecular weight excluding hydrogens is 268 g/mol. The van der Waals surface area contributed by atoms with Gasteiger partial charge in [0.05, 0.1) is 11.2 Å². The van der Waals surface area contributed by atoms with E-state index in [1.54, 1.807) is 11.8 Å². The van der Waals surface area contributed by atoms with Crippen molar-refractivity contribution in [3.63, 3.8) is 0 Å². The van der Waals surface area contributed by atoms with Gasteiger partial charge in [0.1, 0.15) is 6.29 Å². The van der Waals surface area contributed by atoms with Gasteiger partial charge in [-0.05, 0) is 18.2 Å². The summed E-state index contributed by atoms with van der Waals surface area (Å²) in [5.74, 6) is 0.795. The van der Waals surface area contributed by atoms with E-state index in [1.165, 1.54) is 5.39 Å². The fraction of sp³-hybridized carbons (Fsp3) is 0.125.